The molecule has 0 aromatic heterocycles. The van der Waals surface area contributed by atoms with Gasteiger partial charge >= 0.3 is 5.97 Å². The number of hydrogen-bond acceptors (Lipinski definition) is 3. The second-order valence-electron chi connectivity index (χ2n) is 10.0. The number of hydrogen-bond donors (Lipinski definition) is 0. The molecule has 2 aromatic rings. The lowest BCUT2D eigenvalue weighted by Gasteiger charge is -2.40. The summed E-state index contributed by atoms with van der Waals surface area (Å²) in [6.45, 7) is 7.59. The van der Waals surface area contributed by atoms with Crippen LogP contribution in [0.15, 0.2) is 48.5 Å². The Morgan fingerprint density at radius 1 is 1.00 bits per heavy atom. The lowest BCUT2D eigenvalue weighted by atomic mass is 9.65. The van der Waals surface area contributed by atoms with Crippen LogP contribution in [0.3, 0.4) is 0 Å². The Hall–Kier alpha value is -2.29. The molecule has 1 fully saturated rings. The highest BCUT2D eigenvalue weighted by Crippen LogP contribution is 2.43. The van der Waals surface area contributed by atoms with Gasteiger partial charge < -0.3 is 9.47 Å². The Morgan fingerprint density at radius 2 is 1.79 bits per heavy atom. The Kier molecular flexibility index (Phi) is 9.84. The van der Waals surface area contributed by atoms with Crippen molar-refractivity contribution in [2.75, 3.05) is 13.2 Å². The van der Waals surface area contributed by atoms with Crippen molar-refractivity contribution in [3.05, 3.63) is 65.2 Å². The fourth-order valence-corrected chi connectivity index (χ4v) is 5.39. The summed E-state index contributed by atoms with van der Waals surface area (Å²) in [6.07, 6.45) is 12.2. The highest BCUT2D eigenvalue weighted by Gasteiger charge is 2.34. The van der Waals surface area contributed by atoms with Crippen LogP contribution in [0.25, 0.3) is 0 Å². The number of aryl methyl sites for hydroxylation is 1. The van der Waals surface area contributed by atoms with Gasteiger partial charge in [0.15, 0.2) is 0 Å². The second-order valence-corrected chi connectivity index (χ2v) is 10.0. The van der Waals surface area contributed by atoms with Crippen LogP contribution in [0.5, 0.6) is 5.75 Å². The van der Waals surface area contributed by atoms with E-state index in [-0.39, 0.29) is 5.97 Å². The van der Waals surface area contributed by atoms with Crippen LogP contribution in [0.1, 0.15) is 93.1 Å². The Labute approximate surface area is 200 Å². The highest BCUT2D eigenvalue weighted by atomic mass is 16.5. The van der Waals surface area contributed by atoms with E-state index in [1.165, 1.54) is 50.5 Å². The summed E-state index contributed by atoms with van der Waals surface area (Å²) in [4.78, 5) is 12.5. The number of rotatable bonds is 10. The Bertz CT molecular complexity index is 860. The van der Waals surface area contributed by atoms with Crippen molar-refractivity contribution in [2.24, 2.45) is 11.3 Å². The molecule has 33 heavy (non-hydrogen) atoms. The van der Waals surface area contributed by atoms with E-state index >= 15 is 0 Å². The molecule has 3 heteroatoms. The molecule has 0 radical (unpaired) electrons. The predicted octanol–water partition coefficient (Wildman–Crippen LogP) is 7.94. The molecule has 0 amide bonds. The van der Waals surface area contributed by atoms with Crippen LogP contribution < -0.4 is 4.74 Å². The summed E-state index contributed by atoms with van der Waals surface area (Å²) in [5.74, 6) is 1.10. The number of carbonyl (C=O) groups excluding carboxylic acids is 1. The maximum atomic E-state index is 12.5. The molecule has 0 spiro atoms. The van der Waals surface area contributed by atoms with Gasteiger partial charge in [-0.1, -0.05) is 82.0 Å². The quantitative estimate of drug-likeness (QED) is 0.272. The van der Waals surface area contributed by atoms with Gasteiger partial charge in [0.2, 0.25) is 0 Å². The van der Waals surface area contributed by atoms with Crippen molar-refractivity contribution in [1.29, 1.82) is 0 Å². The van der Waals surface area contributed by atoms with E-state index in [1.54, 1.807) is 0 Å². The third kappa shape index (κ3) is 7.35. The SMILES string of the molecule is CCCOC(=O)c1cccc(C)c1OCCCC1CCCCCCC1(C)Cc1ccccc1. The molecule has 2 unspecified atom stereocenters. The normalized spacial score (nSPS) is 21.1. The summed E-state index contributed by atoms with van der Waals surface area (Å²) in [7, 11) is 0. The van der Waals surface area contributed by atoms with Gasteiger partial charge in [-0.15, -0.1) is 0 Å². The van der Waals surface area contributed by atoms with Gasteiger partial charge in [-0.3, -0.25) is 0 Å². The molecule has 0 aliphatic heterocycles. The molecule has 0 saturated heterocycles. The van der Waals surface area contributed by atoms with Crippen molar-refractivity contribution in [2.45, 2.75) is 85.0 Å². The maximum absolute atomic E-state index is 12.5. The first kappa shape index (κ1) is 25.3. The third-order valence-electron chi connectivity index (χ3n) is 7.30. The van der Waals surface area contributed by atoms with Gasteiger partial charge in [-0.25, -0.2) is 4.79 Å². The number of ether oxygens (including phenoxy) is 2. The molecule has 0 heterocycles. The summed E-state index contributed by atoms with van der Waals surface area (Å²) in [6, 6.07) is 16.7. The standard InChI is InChI=1S/C30H42O3/c1-4-21-33-29(31)27-19-12-14-24(2)28(27)32-22-13-18-26-17-10-5-6-11-20-30(26,3)23-25-15-8-7-9-16-25/h7-9,12,14-16,19,26H,4-6,10-11,13,17-18,20-23H2,1-3H3. The average molecular weight is 451 g/mol. The van der Waals surface area contributed by atoms with E-state index in [9.17, 15) is 4.79 Å². The van der Waals surface area contributed by atoms with Crippen molar-refractivity contribution >= 4 is 5.97 Å². The van der Waals surface area contributed by atoms with E-state index in [2.05, 4.69) is 37.3 Å². The summed E-state index contributed by atoms with van der Waals surface area (Å²) in [5, 5.41) is 0. The Morgan fingerprint density at radius 3 is 2.58 bits per heavy atom. The maximum Gasteiger partial charge on any atom is 0.341 e. The van der Waals surface area contributed by atoms with Crippen molar-refractivity contribution in [3.63, 3.8) is 0 Å². The van der Waals surface area contributed by atoms with E-state index in [0.717, 1.165) is 24.8 Å². The molecule has 0 bridgehead atoms. The van der Waals surface area contributed by atoms with Crippen molar-refractivity contribution in [1.82, 2.24) is 0 Å². The van der Waals surface area contributed by atoms with Crippen molar-refractivity contribution in [3.8, 4) is 5.75 Å². The molecule has 1 saturated carbocycles. The molecule has 0 N–H and O–H groups in total. The zero-order chi connectivity index (χ0) is 23.5. The molecule has 2 atom stereocenters. The molecule has 3 nitrogen and oxygen atoms in total. The van der Waals surface area contributed by atoms with Gasteiger partial charge in [0.1, 0.15) is 11.3 Å². The number of para-hydroxylation sites is 1. The number of esters is 1. The highest BCUT2D eigenvalue weighted by molar-refractivity contribution is 5.93. The predicted molar refractivity (Wildman–Crippen MR) is 136 cm³/mol. The van der Waals surface area contributed by atoms with Crippen LogP contribution in [0.2, 0.25) is 0 Å². The molecule has 3 rings (SSSR count). The largest absolute Gasteiger partial charge is 0.492 e. The first-order valence-corrected chi connectivity index (χ1v) is 13.0. The second kappa shape index (κ2) is 12.8. The number of benzene rings is 2. The van der Waals surface area contributed by atoms with Gasteiger partial charge in [-0.05, 0) is 74.0 Å². The zero-order valence-corrected chi connectivity index (χ0v) is 20.9. The zero-order valence-electron chi connectivity index (χ0n) is 20.9. The summed E-state index contributed by atoms with van der Waals surface area (Å²) < 4.78 is 11.6. The van der Waals surface area contributed by atoms with E-state index in [0.29, 0.717) is 35.9 Å². The Balaban J connectivity index is 1.62. The topological polar surface area (TPSA) is 35.5 Å². The van der Waals surface area contributed by atoms with Crippen molar-refractivity contribution < 1.29 is 14.3 Å². The van der Waals surface area contributed by atoms with Gasteiger partial charge in [-0.2, -0.15) is 0 Å². The smallest absolute Gasteiger partial charge is 0.341 e. The molecule has 1 aliphatic rings. The first-order valence-electron chi connectivity index (χ1n) is 13.0. The van der Waals surface area contributed by atoms with Gasteiger partial charge in [0.25, 0.3) is 0 Å². The van der Waals surface area contributed by atoms with Crippen LogP contribution in [-0.2, 0) is 11.2 Å². The fourth-order valence-electron chi connectivity index (χ4n) is 5.39. The summed E-state index contributed by atoms with van der Waals surface area (Å²) >= 11 is 0. The van der Waals surface area contributed by atoms with E-state index in [4.69, 9.17) is 9.47 Å². The minimum atomic E-state index is -0.286. The van der Waals surface area contributed by atoms with Gasteiger partial charge in [0, 0.05) is 0 Å². The van der Waals surface area contributed by atoms with Crippen LogP contribution in [0, 0.1) is 18.3 Å². The van der Waals surface area contributed by atoms with Crippen LogP contribution in [-0.4, -0.2) is 19.2 Å². The first-order chi connectivity index (χ1) is 16.0. The van der Waals surface area contributed by atoms with E-state index in [1.807, 2.05) is 32.0 Å². The fraction of sp³-hybridized carbons (Fsp3) is 0.567. The van der Waals surface area contributed by atoms with E-state index < -0.39 is 0 Å². The van der Waals surface area contributed by atoms with Crippen LogP contribution >= 0.6 is 0 Å². The number of carbonyl (C=O) groups is 1. The molecule has 2 aromatic carbocycles. The van der Waals surface area contributed by atoms with Crippen LogP contribution in [0.4, 0.5) is 0 Å². The minimum absolute atomic E-state index is 0.286. The average Bonchev–Trinajstić information content (AvgIpc) is 2.81. The molecule has 1 aliphatic carbocycles. The monoisotopic (exact) mass is 450 g/mol. The molecular weight excluding hydrogens is 408 g/mol. The minimum Gasteiger partial charge on any atom is -0.492 e. The summed E-state index contributed by atoms with van der Waals surface area (Å²) in [5.41, 5.74) is 3.32. The molecule has 180 valence electrons. The lowest BCUT2D eigenvalue weighted by molar-refractivity contribution is 0.0500. The lowest BCUT2D eigenvalue weighted by Crippen LogP contribution is -2.31. The van der Waals surface area contributed by atoms with Gasteiger partial charge in [0.05, 0.1) is 13.2 Å². The third-order valence-corrected chi connectivity index (χ3v) is 7.30. The molecular formula is C30H42O3.